The van der Waals surface area contributed by atoms with Crippen LogP contribution in [0.2, 0.25) is 0 Å². The molecule has 4 heteroatoms. The first kappa shape index (κ1) is 16.4. The Kier molecular flexibility index (Phi) is 6.80. The van der Waals surface area contributed by atoms with Crippen molar-refractivity contribution in [1.29, 1.82) is 0 Å². The van der Waals surface area contributed by atoms with E-state index in [-0.39, 0.29) is 29.9 Å². The molecule has 0 aromatic carbocycles. The van der Waals surface area contributed by atoms with Crippen molar-refractivity contribution >= 4 is 5.91 Å². The molecule has 1 fully saturated rings. The third kappa shape index (κ3) is 4.46. The van der Waals surface area contributed by atoms with Crippen molar-refractivity contribution < 1.29 is 9.90 Å². The Hall–Kier alpha value is -0.610. The van der Waals surface area contributed by atoms with Gasteiger partial charge in [-0.2, -0.15) is 0 Å². The molecule has 2 atom stereocenters. The van der Waals surface area contributed by atoms with Crippen LogP contribution in [0.4, 0.5) is 0 Å². The number of amides is 1. The standard InChI is InChI=1S/C15H30N2O2/c1-3-15(4-2,11-18)10-17-14(19)12-8-6-5-7-9-13(12)16/h12-13,18H,3-11,16H2,1-2H3,(H,17,19). The van der Waals surface area contributed by atoms with E-state index in [4.69, 9.17) is 5.73 Å². The van der Waals surface area contributed by atoms with Crippen molar-refractivity contribution in [2.24, 2.45) is 17.1 Å². The number of hydrogen-bond donors (Lipinski definition) is 3. The molecule has 0 aromatic heterocycles. The highest BCUT2D eigenvalue weighted by atomic mass is 16.3. The summed E-state index contributed by atoms with van der Waals surface area (Å²) in [7, 11) is 0. The minimum absolute atomic E-state index is 0.00530. The Balaban J connectivity index is 2.53. The Labute approximate surface area is 117 Å². The van der Waals surface area contributed by atoms with E-state index >= 15 is 0 Å². The van der Waals surface area contributed by atoms with E-state index < -0.39 is 0 Å². The normalized spacial score (nSPS) is 24.8. The molecule has 4 nitrogen and oxygen atoms in total. The van der Waals surface area contributed by atoms with Gasteiger partial charge in [-0.15, -0.1) is 0 Å². The van der Waals surface area contributed by atoms with Gasteiger partial charge < -0.3 is 16.2 Å². The first-order valence-corrected chi connectivity index (χ1v) is 7.72. The predicted octanol–water partition coefficient (Wildman–Crippen LogP) is 1.81. The van der Waals surface area contributed by atoms with Crippen LogP contribution in [0.5, 0.6) is 0 Å². The minimum Gasteiger partial charge on any atom is -0.396 e. The van der Waals surface area contributed by atoms with Gasteiger partial charge in [-0.25, -0.2) is 0 Å². The molecule has 4 N–H and O–H groups in total. The fraction of sp³-hybridized carbons (Fsp3) is 0.933. The smallest absolute Gasteiger partial charge is 0.224 e. The Morgan fingerprint density at radius 3 is 2.47 bits per heavy atom. The highest BCUT2D eigenvalue weighted by molar-refractivity contribution is 5.79. The van der Waals surface area contributed by atoms with Crippen molar-refractivity contribution in [2.75, 3.05) is 13.2 Å². The van der Waals surface area contributed by atoms with Gasteiger partial charge in [0, 0.05) is 18.0 Å². The highest BCUT2D eigenvalue weighted by Crippen LogP contribution is 2.26. The van der Waals surface area contributed by atoms with Crippen LogP contribution in [-0.2, 0) is 4.79 Å². The second-order valence-corrected chi connectivity index (χ2v) is 5.99. The number of aliphatic hydroxyl groups is 1. The molecule has 0 aromatic rings. The monoisotopic (exact) mass is 270 g/mol. The third-order valence-electron chi connectivity index (χ3n) is 4.88. The van der Waals surface area contributed by atoms with Crippen LogP contribution >= 0.6 is 0 Å². The van der Waals surface area contributed by atoms with Crippen molar-refractivity contribution in [3.05, 3.63) is 0 Å². The summed E-state index contributed by atoms with van der Waals surface area (Å²) in [6.07, 6.45) is 7.01. The third-order valence-corrected chi connectivity index (χ3v) is 4.88. The second-order valence-electron chi connectivity index (χ2n) is 5.99. The summed E-state index contributed by atoms with van der Waals surface area (Å²) in [5, 5.41) is 12.5. The molecule has 0 bridgehead atoms. The number of hydrogen-bond acceptors (Lipinski definition) is 3. The summed E-state index contributed by atoms with van der Waals surface area (Å²) >= 11 is 0. The fourth-order valence-electron chi connectivity index (χ4n) is 2.85. The zero-order valence-corrected chi connectivity index (χ0v) is 12.5. The number of nitrogens with one attached hydrogen (secondary N) is 1. The quantitative estimate of drug-likeness (QED) is 0.644. The first-order valence-electron chi connectivity index (χ1n) is 7.72. The van der Waals surface area contributed by atoms with Crippen molar-refractivity contribution in [2.45, 2.75) is 64.8 Å². The maximum atomic E-state index is 12.3. The van der Waals surface area contributed by atoms with Gasteiger partial charge in [-0.05, 0) is 25.7 Å². The van der Waals surface area contributed by atoms with E-state index in [9.17, 15) is 9.90 Å². The average molecular weight is 270 g/mol. The molecule has 1 aliphatic carbocycles. The first-order chi connectivity index (χ1) is 9.08. The van der Waals surface area contributed by atoms with Gasteiger partial charge in [0.2, 0.25) is 5.91 Å². The van der Waals surface area contributed by atoms with Gasteiger partial charge in [0.1, 0.15) is 0 Å². The topological polar surface area (TPSA) is 75.3 Å². The average Bonchev–Trinajstić information content (AvgIpc) is 2.65. The maximum absolute atomic E-state index is 12.3. The number of aliphatic hydroxyl groups excluding tert-OH is 1. The molecule has 19 heavy (non-hydrogen) atoms. The molecule has 112 valence electrons. The van der Waals surface area contributed by atoms with Gasteiger partial charge in [0.15, 0.2) is 0 Å². The van der Waals surface area contributed by atoms with Crippen LogP contribution < -0.4 is 11.1 Å². The Morgan fingerprint density at radius 1 is 1.26 bits per heavy atom. The minimum atomic E-state index is -0.176. The molecular formula is C15H30N2O2. The second kappa shape index (κ2) is 7.85. The summed E-state index contributed by atoms with van der Waals surface area (Å²) in [6.45, 7) is 4.79. The molecule has 1 rings (SSSR count). The van der Waals surface area contributed by atoms with E-state index in [1.165, 1.54) is 6.42 Å². The highest BCUT2D eigenvalue weighted by Gasteiger charge is 2.30. The predicted molar refractivity (Wildman–Crippen MR) is 77.7 cm³/mol. The fourth-order valence-corrected chi connectivity index (χ4v) is 2.85. The van der Waals surface area contributed by atoms with Crippen molar-refractivity contribution in [3.8, 4) is 0 Å². The number of carbonyl (C=O) groups is 1. The summed E-state index contributed by atoms with van der Waals surface area (Å²) in [5.41, 5.74) is 5.93. The number of nitrogens with two attached hydrogens (primary N) is 1. The lowest BCUT2D eigenvalue weighted by Crippen LogP contribution is -2.46. The summed E-state index contributed by atoms with van der Waals surface area (Å²) in [5.74, 6) is 0.0294. The SMILES string of the molecule is CCC(CC)(CO)CNC(=O)C1CCCCCC1N. The zero-order chi connectivity index (χ0) is 14.3. The van der Waals surface area contributed by atoms with Crippen LogP contribution in [0.3, 0.4) is 0 Å². The molecule has 0 heterocycles. The van der Waals surface area contributed by atoms with Gasteiger partial charge in [-0.3, -0.25) is 4.79 Å². The molecule has 0 saturated heterocycles. The summed E-state index contributed by atoms with van der Waals surface area (Å²) in [4.78, 5) is 12.3. The van der Waals surface area contributed by atoms with Gasteiger partial charge >= 0.3 is 0 Å². The van der Waals surface area contributed by atoms with E-state index in [2.05, 4.69) is 19.2 Å². The Morgan fingerprint density at radius 2 is 1.89 bits per heavy atom. The van der Waals surface area contributed by atoms with Crippen LogP contribution in [-0.4, -0.2) is 30.2 Å². The van der Waals surface area contributed by atoms with E-state index in [0.717, 1.165) is 38.5 Å². The lowest BCUT2D eigenvalue weighted by Gasteiger charge is -2.31. The Bertz CT molecular complexity index is 269. The molecule has 1 aliphatic rings. The van der Waals surface area contributed by atoms with Crippen molar-refractivity contribution in [1.82, 2.24) is 5.32 Å². The van der Waals surface area contributed by atoms with Gasteiger partial charge in [0.05, 0.1) is 12.5 Å². The molecule has 0 aliphatic heterocycles. The largest absolute Gasteiger partial charge is 0.396 e. The number of carbonyl (C=O) groups excluding carboxylic acids is 1. The van der Waals surface area contributed by atoms with Crippen LogP contribution in [0.15, 0.2) is 0 Å². The van der Waals surface area contributed by atoms with E-state index in [1.54, 1.807) is 0 Å². The maximum Gasteiger partial charge on any atom is 0.224 e. The van der Waals surface area contributed by atoms with Crippen molar-refractivity contribution in [3.63, 3.8) is 0 Å². The van der Waals surface area contributed by atoms with E-state index in [0.29, 0.717) is 6.54 Å². The molecule has 1 saturated carbocycles. The molecule has 0 spiro atoms. The van der Waals surface area contributed by atoms with Crippen LogP contribution in [0, 0.1) is 11.3 Å². The molecular weight excluding hydrogens is 240 g/mol. The van der Waals surface area contributed by atoms with E-state index in [1.807, 2.05) is 0 Å². The summed E-state index contributed by atoms with van der Waals surface area (Å²) < 4.78 is 0. The van der Waals surface area contributed by atoms with Gasteiger partial charge in [0.25, 0.3) is 0 Å². The molecule has 2 unspecified atom stereocenters. The summed E-state index contributed by atoms with van der Waals surface area (Å²) in [6, 6.07) is -0.00530. The molecule has 1 amide bonds. The molecule has 0 radical (unpaired) electrons. The van der Waals surface area contributed by atoms with Crippen LogP contribution in [0.25, 0.3) is 0 Å². The number of rotatable bonds is 6. The van der Waals surface area contributed by atoms with Crippen LogP contribution in [0.1, 0.15) is 58.8 Å². The zero-order valence-electron chi connectivity index (χ0n) is 12.5. The lowest BCUT2D eigenvalue weighted by atomic mass is 9.83. The lowest BCUT2D eigenvalue weighted by molar-refractivity contribution is -0.126. The van der Waals surface area contributed by atoms with Gasteiger partial charge in [-0.1, -0.05) is 33.1 Å².